The highest BCUT2D eigenvalue weighted by atomic mass is 32.1. The van der Waals surface area contributed by atoms with Crippen LogP contribution in [0.4, 0.5) is 5.69 Å². The minimum absolute atomic E-state index is 0.141. The molecule has 1 amide bonds. The number of amides is 1. The molecule has 0 saturated heterocycles. The Morgan fingerprint density at radius 3 is 2.63 bits per heavy atom. The molecule has 1 aliphatic heterocycles. The van der Waals surface area contributed by atoms with Gasteiger partial charge in [-0.3, -0.25) is 10.1 Å². The highest BCUT2D eigenvalue weighted by molar-refractivity contribution is 7.13. The molecule has 2 aromatic carbocycles. The standard InChI is InChI=1S/C32H35N5O3S/c1-5-37(6-2)15-14-33-19-40-32(39)29-20(3)27(34-21(29)4)17-25-24-16-23(12-13-26(24)35-30(25)38)28-18-41-31(36-28)22-10-8-7-9-11-22/h7-13,16-18,33-34H,5-6,14-15,19H2,1-4H3,(H,35,38)/b25-17-. The number of aryl methyl sites for hydroxylation is 1. The number of carbonyl (C=O) groups excluding carboxylic acids is 2. The van der Waals surface area contributed by atoms with Gasteiger partial charge < -0.3 is 19.9 Å². The van der Waals surface area contributed by atoms with E-state index in [2.05, 4.69) is 34.4 Å². The van der Waals surface area contributed by atoms with Crippen molar-refractivity contribution in [3.63, 3.8) is 0 Å². The van der Waals surface area contributed by atoms with Gasteiger partial charge in [0.2, 0.25) is 0 Å². The number of fused-ring (bicyclic) bond motifs is 1. The van der Waals surface area contributed by atoms with Crippen LogP contribution in [-0.4, -0.2) is 59.7 Å². The number of ether oxygens (including phenoxy) is 1. The van der Waals surface area contributed by atoms with E-state index in [-0.39, 0.29) is 12.6 Å². The minimum atomic E-state index is -0.396. The van der Waals surface area contributed by atoms with Gasteiger partial charge >= 0.3 is 5.97 Å². The molecule has 0 bridgehead atoms. The van der Waals surface area contributed by atoms with Crippen LogP contribution >= 0.6 is 11.3 Å². The van der Waals surface area contributed by atoms with E-state index in [0.29, 0.717) is 22.5 Å². The number of rotatable bonds is 11. The number of hydrogen-bond donors (Lipinski definition) is 3. The van der Waals surface area contributed by atoms with Crippen molar-refractivity contribution in [2.24, 2.45) is 0 Å². The van der Waals surface area contributed by atoms with Crippen LogP contribution in [0.3, 0.4) is 0 Å². The van der Waals surface area contributed by atoms with Gasteiger partial charge in [0.15, 0.2) is 0 Å². The number of aromatic nitrogens is 2. The number of benzene rings is 2. The first kappa shape index (κ1) is 28.5. The normalized spacial score (nSPS) is 13.6. The van der Waals surface area contributed by atoms with Gasteiger partial charge in [0.1, 0.15) is 11.7 Å². The minimum Gasteiger partial charge on any atom is -0.446 e. The molecule has 5 rings (SSSR count). The molecule has 9 heteroatoms. The summed E-state index contributed by atoms with van der Waals surface area (Å²) in [4.78, 5) is 36.3. The molecule has 1 aliphatic rings. The Bertz CT molecular complexity index is 1580. The quantitative estimate of drug-likeness (QED) is 0.0892. The third-order valence-corrected chi connectivity index (χ3v) is 8.29. The fourth-order valence-electron chi connectivity index (χ4n) is 5.02. The average Bonchev–Trinajstić information content (AvgIpc) is 3.67. The summed E-state index contributed by atoms with van der Waals surface area (Å²) in [5, 5.41) is 9.11. The van der Waals surface area contributed by atoms with Gasteiger partial charge in [-0.05, 0) is 50.7 Å². The molecule has 0 unspecified atom stereocenters. The lowest BCUT2D eigenvalue weighted by atomic mass is 10.0. The van der Waals surface area contributed by atoms with Crippen LogP contribution in [-0.2, 0) is 9.53 Å². The number of thiazole rings is 1. The number of H-pyrrole nitrogens is 1. The Hall–Kier alpha value is -4.05. The van der Waals surface area contributed by atoms with Gasteiger partial charge in [-0.15, -0.1) is 11.3 Å². The zero-order valence-corrected chi connectivity index (χ0v) is 24.7. The van der Waals surface area contributed by atoms with Gasteiger partial charge in [-0.25, -0.2) is 9.78 Å². The average molecular weight is 570 g/mol. The van der Waals surface area contributed by atoms with Crippen molar-refractivity contribution in [2.75, 3.05) is 38.2 Å². The Kier molecular flexibility index (Phi) is 8.78. The summed E-state index contributed by atoms with van der Waals surface area (Å²) in [6.07, 6.45) is 1.81. The van der Waals surface area contributed by atoms with E-state index in [1.165, 1.54) is 0 Å². The monoisotopic (exact) mass is 569 g/mol. The summed E-state index contributed by atoms with van der Waals surface area (Å²) >= 11 is 1.59. The molecule has 212 valence electrons. The van der Waals surface area contributed by atoms with Crippen LogP contribution in [0, 0.1) is 13.8 Å². The first-order chi connectivity index (χ1) is 19.9. The molecule has 2 aromatic heterocycles. The summed E-state index contributed by atoms with van der Waals surface area (Å²) in [6.45, 7) is 11.7. The zero-order chi connectivity index (χ0) is 28.9. The van der Waals surface area contributed by atoms with Gasteiger partial charge in [-0.1, -0.05) is 50.2 Å². The lowest BCUT2D eigenvalue weighted by molar-refractivity contribution is -0.110. The molecule has 8 nitrogen and oxygen atoms in total. The van der Waals surface area contributed by atoms with Crippen molar-refractivity contribution in [1.82, 2.24) is 20.2 Å². The second kappa shape index (κ2) is 12.6. The highest BCUT2D eigenvalue weighted by Gasteiger charge is 2.27. The number of likely N-dealkylation sites (N-methyl/N-ethyl adjacent to an activating group) is 1. The fourth-order valence-corrected chi connectivity index (χ4v) is 5.85. The fraction of sp³-hybridized carbons (Fsp3) is 0.281. The van der Waals surface area contributed by atoms with Crippen molar-refractivity contribution in [2.45, 2.75) is 27.7 Å². The van der Waals surface area contributed by atoms with E-state index in [4.69, 9.17) is 9.72 Å². The maximum absolute atomic E-state index is 13.0. The Morgan fingerprint density at radius 2 is 1.88 bits per heavy atom. The van der Waals surface area contributed by atoms with Crippen LogP contribution in [0.25, 0.3) is 33.5 Å². The van der Waals surface area contributed by atoms with Crippen molar-refractivity contribution < 1.29 is 14.3 Å². The third kappa shape index (κ3) is 6.17. The van der Waals surface area contributed by atoms with E-state index in [1.807, 2.05) is 73.8 Å². The summed E-state index contributed by atoms with van der Waals surface area (Å²) in [7, 11) is 0. The Morgan fingerprint density at radius 1 is 1.10 bits per heavy atom. The first-order valence-corrected chi connectivity index (χ1v) is 14.8. The van der Waals surface area contributed by atoms with Crippen LogP contribution in [0.5, 0.6) is 0 Å². The molecule has 0 aliphatic carbocycles. The number of nitrogens with one attached hydrogen (secondary N) is 3. The molecule has 0 radical (unpaired) electrons. The maximum atomic E-state index is 13.0. The molecular formula is C32H35N5O3S. The lowest BCUT2D eigenvalue weighted by Crippen LogP contribution is -2.33. The van der Waals surface area contributed by atoms with E-state index < -0.39 is 5.97 Å². The van der Waals surface area contributed by atoms with Crippen molar-refractivity contribution >= 4 is 40.5 Å². The predicted octanol–water partition coefficient (Wildman–Crippen LogP) is 5.96. The summed E-state index contributed by atoms with van der Waals surface area (Å²) in [5.74, 6) is -0.582. The molecule has 0 saturated carbocycles. The molecule has 3 heterocycles. The number of anilines is 1. The van der Waals surface area contributed by atoms with Gasteiger partial charge in [-0.2, -0.15) is 0 Å². The Balaban J connectivity index is 1.33. The largest absolute Gasteiger partial charge is 0.446 e. The lowest BCUT2D eigenvalue weighted by Gasteiger charge is -2.17. The predicted molar refractivity (Wildman–Crippen MR) is 166 cm³/mol. The first-order valence-electron chi connectivity index (χ1n) is 13.9. The maximum Gasteiger partial charge on any atom is 0.341 e. The summed E-state index contributed by atoms with van der Waals surface area (Å²) in [5.41, 5.74) is 7.58. The second-order valence-corrected chi connectivity index (χ2v) is 10.8. The van der Waals surface area contributed by atoms with Crippen LogP contribution < -0.4 is 10.6 Å². The number of aromatic amines is 1. The smallest absolute Gasteiger partial charge is 0.341 e. The molecular weight excluding hydrogens is 534 g/mol. The summed E-state index contributed by atoms with van der Waals surface area (Å²) in [6, 6.07) is 16.0. The second-order valence-electron chi connectivity index (χ2n) is 9.94. The molecule has 0 atom stereocenters. The molecule has 4 aromatic rings. The molecule has 0 fully saturated rings. The molecule has 0 spiro atoms. The van der Waals surface area contributed by atoms with Gasteiger partial charge in [0.05, 0.1) is 16.8 Å². The van der Waals surface area contributed by atoms with Crippen LogP contribution in [0.15, 0.2) is 53.9 Å². The third-order valence-electron chi connectivity index (χ3n) is 7.40. The van der Waals surface area contributed by atoms with E-state index >= 15 is 0 Å². The summed E-state index contributed by atoms with van der Waals surface area (Å²) < 4.78 is 5.50. The SMILES string of the molecule is CCN(CC)CCNCOC(=O)c1c(C)[nH]c(/C=C2\C(=O)Nc3ccc(-c4csc(-c5ccccc5)n4)cc32)c1C. The van der Waals surface area contributed by atoms with Gasteiger partial charge in [0.25, 0.3) is 5.91 Å². The molecule has 41 heavy (non-hydrogen) atoms. The topological polar surface area (TPSA) is 99.4 Å². The van der Waals surface area contributed by atoms with Crippen molar-refractivity contribution in [1.29, 1.82) is 0 Å². The van der Waals surface area contributed by atoms with E-state index in [9.17, 15) is 9.59 Å². The Labute approximate surface area is 244 Å². The number of esters is 1. The number of carbonyl (C=O) groups is 2. The molecule has 3 N–H and O–H groups in total. The van der Waals surface area contributed by atoms with E-state index in [0.717, 1.165) is 64.8 Å². The van der Waals surface area contributed by atoms with Crippen molar-refractivity contribution in [3.05, 3.63) is 82.0 Å². The van der Waals surface area contributed by atoms with Crippen LogP contribution in [0.2, 0.25) is 0 Å². The van der Waals surface area contributed by atoms with Crippen molar-refractivity contribution in [3.8, 4) is 21.8 Å². The van der Waals surface area contributed by atoms with E-state index in [1.54, 1.807) is 11.3 Å². The zero-order valence-electron chi connectivity index (χ0n) is 23.8. The number of nitrogens with zero attached hydrogens (tertiary/aromatic N) is 2. The van der Waals surface area contributed by atoms with Gasteiger partial charge in [0, 0.05) is 52.2 Å². The number of hydrogen-bond acceptors (Lipinski definition) is 7. The van der Waals surface area contributed by atoms with Crippen LogP contribution in [0.1, 0.15) is 46.7 Å². The highest BCUT2D eigenvalue weighted by Crippen LogP contribution is 2.38.